The second-order valence-corrected chi connectivity index (χ2v) is 8.36. The van der Waals surface area contributed by atoms with Gasteiger partial charge in [0, 0.05) is 36.6 Å². The lowest BCUT2D eigenvalue weighted by molar-refractivity contribution is 0.0694. The average Bonchev–Trinajstić information content (AvgIpc) is 3.52. The van der Waals surface area contributed by atoms with Gasteiger partial charge in [-0.1, -0.05) is 0 Å². The van der Waals surface area contributed by atoms with Gasteiger partial charge in [-0.05, 0) is 37.3 Å². The Kier molecular flexibility index (Phi) is 3.62. The van der Waals surface area contributed by atoms with Gasteiger partial charge < -0.3 is 20.3 Å². The number of fused-ring (bicyclic) bond motifs is 1. The summed E-state index contributed by atoms with van der Waals surface area (Å²) in [5.41, 5.74) is 5.28. The summed E-state index contributed by atoms with van der Waals surface area (Å²) in [7, 11) is 0. The van der Waals surface area contributed by atoms with Crippen LogP contribution in [0.2, 0.25) is 0 Å². The highest BCUT2D eigenvalue weighted by atomic mass is 19.1. The molecule has 2 heterocycles. The van der Waals surface area contributed by atoms with Gasteiger partial charge in [0.05, 0.1) is 17.2 Å². The highest BCUT2D eigenvalue weighted by Crippen LogP contribution is 2.45. The molecule has 1 saturated heterocycles. The molecule has 2 aliphatic carbocycles. The van der Waals surface area contributed by atoms with E-state index >= 15 is 4.39 Å². The van der Waals surface area contributed by atoms with Crippen molar-refractivity contribution < 1.29 is 18.7 Å². The fourth-order valence-corrected chi connectivity index (χ4v) is 4.50. The highest BCUT2D eigenvalue weighted by Gasteiger charge is 2.48. The van der Waals surface area contributed by atoms with Gasteiger partial charge in [0.1, 0.15) is 11.7 Å². The number of alkyl halides is 1. The van der Waals surface area contributed by atoms with E-state index in [0.29, 0.717) is 24.7 Å². The van der Waals surface area contributed by atoms with Crippen molar-refractivity contribution in [2.24, 2.45) is 11.7 Å². The molecule has 28 heavy (non-hydrogen) atoms. The number of nitrogens with zero attached hydrogens (tertiary/aromatic N) is 2. The van der Waals surface area contributed by atoms with Gasteiger partial charge in [-0.2, -0.15) is 0 Å². The summed E-state index contributed by atoms with van der Waals surface area (Å²) in [4.78, 5) is 25.9. The van der Waals surface area contributed by atoms with Gasteiger partial charge in [-0.25, -0.2) is 13.6 Å². The summed E-state index contributed by atoms with van der Waals surface area (Å²) in [6, 6.07) is 2.33. The molecule has 148 valence electrons. The molecule has 0 radical (unpaired) electrons. The van der Waals surface area contributed by atoms with Crippen molar-refractivity contribution in [1.29, 1.82) is 0 Å². The Morgan fingerprint density at radius 2 is 2.04 bits per heavy atom. The molecule has 1 aromatic heterocycles. The lowest BCUT2D eigenvalue weighted by Gasteiger charge is -2.23. The Balaban J connectivity index is 1.63. The number of carboxylic acid groups (broad SMARTS) is 1. The molecule has 3 atom stereocenters. The zero-order valence-corrected chi connectivity index (χ0v) is 15.2. The van der Waals surface area contributed by atoms with Gasteiger partial charge in [0.15, 0.2) is 5.82 Å². The van der Waals surface area contributed by atoms with Gasteiger partial charge in [0.2, 0.25) is 5.43 Å². The molecule has 5 rings (SSSR count). The van der Waals surface area contributed by atoms with E-state index in [1.54, 1.807) is 0 Å². The molecule has 1 aromatic carbocycles. The molecule has 1 unspecified atom stereocenters. The second kappa shape index (κ2) is 5.76. The number of carbonyl (C=O) groups is 1. The predicted octanol–water partition coefficient (Wildman–Crippen LogP) is 2.44. The Bertz CT molecular complexity index is 1060. The summed E-state index contributed by atoms with van der Waals surface area (Å²) in [5.74, 6) is -1.70. The Morgan fingerprint density at radius 1 is 1.32 bits per heavy atom. The first kappa shape index (κ1) is 17.6. The molecule has 8 heteroatoms. The van der Waals surface area contributed by atoms with E-state index in [-0.39, 0.29) is 22.9 Å². The molecule has 2 aromatic rings. The van der Waals surface area contributed by atoms with Crippen LogP contribution in [-0.4, -0.2) is 40.4 Å². The van der Waals surface area contributed by atoms with Crippen molar-refractivity contribution in [3.05, 3.63) is 39.9 Å². The summed E-state index contributed by atoms with van der Waals surface area (Å²) in [6.45, 7) is 1.31. The molecule has 3 N–H and O–H groups in total. The molecule has 2 saturated carbocycles. The van der Waals surface area contributed by atoms with Crippen LogP contribution in [0.15, 0.2) is 23.1 Å². The maximum absolute atomic E-state index is 15.5. The number of pyridine rings is 1. The highest BCUT2D eigenvalue weighted by molar-refractivity contribution is 5.94. The van der Waals surface area contributed by atoms with E-state index in [2.05, 4.69) is 0 Å². The fourth-order valence-electron chi connectivity index (χ4n) is 4.50. The van der Waals surface area contributed by atoms with Crippen molar-refractivity contribution in [2.45, 2.75) is 43.4 Å². The van der Waals surface area contributed by atoms with E-state index in [1.165, 1.54) is 16.7 Å². The van der Waals surface area contributed by atoms with Crippen LogP contribution in [0.4, 0.5) is 14.5 Å². The maximum atomic E-state index is 15.5. The molecule has 0 bridgehead atoms. The average molecular weight is 389 g/mol. The van der Waals surface area contributed by atoms with Crippen LogP contribution in [0.5, 0.6) is 0 Å². The fraction of sp³-hybridized carbons (Fsp3) is 0.500. The first-order valence-corrected chi connectivity index (χ1v) is 9.59. The summed E-state index contributed by atoms with van der Waals surface area (Å²) >= 11 is 0. The van der Waals surface area contributed by atoms with E-state index in [1.807, 2.05) is 4.90 Å². The monoisotopic (exact) mass is 389 g/mol. The molecule has 6 nitrogen and oxygen atoms in total. The number of benzene rings is 1. The second-order valence-electron chi connectivity index (χ2n) is 8.36. The SMILES string of the molecule is NC1([C@@H]2CCN(c3ccc4c(=O)c(C(=O)O)cn(C5C[C@@H]5F)c4c3F)C2)CC1. The minimum Gasteiger partial charge on any atom is -0.477 e. The number of anilines is 1. The minimum absolute atomic E-state index is 0.0185. The van der Waals surface area contributed by atoms with Crippen LogP contribution in [-0.2, 0) is 0 Å². The molecule has 3 aliphatic rings. The largest absolute Gasteiger partial charge is 0.477 e. The van der Waals surface area contributed by atoms with E-state index < -0.39 is 35.0 Å². The maximum Gasteiger partial charge on any atom is 0.341 e. The summed E-state index contributed by atoms with van der Waals surface area (Å²) in [6.07, 6.45) is 2.95. The van der Waals surface area contributed by atoms with E-state index in [4.69, 9.17) is 5.73 Å². The number of nitrogens with two attached hydrogens (primary N) is 1. The number of hydrogen-bond acceptors (Lipinski definition) is 4. The van der Waals surface area contributed by atoms with Crippen molar-refractivity contribution in [1.82, 2.24) is 4.57 Å². The minimum atomic E-state index is -1.40. The topological polar surface area (TPSA) is 88.6 Å². The smallest absolute Gasteiger partial charge is 0.341 e. The number of rotatable bonds is 4. The Hall–Kier alpha value is -2.48. The number of aromatic nitrogens is 1. The van der Waals surface area contributed by atoms with Crippen LogP contribution >= 0.6 is 0 Å². The Morgan fingerprint density at radius 3 is 2.64 bits per heavy atom. The standard InChI is InChI=1S/C20H21F2N3O3/c21-13-7-15(13)25-9-12(19(27)28)18(26)11-1-2-14(16(22)17(11)25)24-6-3-10(8-24)20(23)4-5-20/h1-2,9-10,13,15H,3-8,23H2,(H,27,28)/t10-,13+,15?/m1/s1. The van der Waals surface area contributed by atoms with Crippen molar-refractivity contribution >= 4 is 22.6 Å². The van der Waals surface area contributed by atoms with Crippen molar-refractivity contribution in [2.75, 3.05) is 18.0 Å². The van der Waals surface area contributed by atoms with Gasteiger partial charge in [0.25, 0.3) is 0 Å². The van der Waals surface area contributed by atoms with E-state index in [0.717, 1.165) is 25.5 Å². The quantitative estimate of drug-likeness (QED) is 0.839. The molecule has 0 amide bonds. The van der Waals surface area contributed by atoms with Crippen molar-refractivity contribution in [3.63, 3.8) is 0 Å². The predicted molar refractivity (Wildman–Crippen MR) is 100 cm³/mol. The summed E-state index contributed by atoms with van der Waals surface area (Å²) in [5, 5.41) is 9.27. The molecule has 1 aliphatic heterocycles. The summed E-state index contributed by atoms with van der Waals surface area (Å²) < 4.78 is 30.6. The van der Waals surface area contributed by atoms with Gasteiger partial charge in [-0.3, -0.25) is 4.79 Å². The number of aromatic carboxylic acids is 1. The normalized spacial score (nSPS) is 28.0. The zero-order valence-electron chi connectivity index (χ0n) is 15.2. The molecule has 0 spiro atoms. The van der Waals surface area contributed by atoms with Crippen LogP contribution in [0.25, 0.3) is 10.9 Å². The zero-order chi connectivity index (χ0) is 19.8. The van der Waals surface area contributed by atoms with Crippen molar-refractivity contribution in [3.8, 4) is 0 Å². The first-order valence-electron chi connectivity index (χ1n) is 9.59. The molecule has 3 fully saturated rings. The lowest BCUT2D eigenvalue weighted by atomic mass is 9.97. The van der Waals surface area contributed by atoms with Crippen LogP contribution in [0, 0.1) is 11.7 Å². The first-order chi connectivity index (χ1) is 13.3. The van der Waals surface area contributed by atoms with Gasteiger partial charge in [-0.15, -0.1) is 0 Å². The number of halogens is 2. The molecular formula is C20H21F2N3O3. The van der Waals surface area contributed by atoms with Crippen LogP contribution in [0.1, 0.15) is 42.1 Å². The van der Waals surface area contributed by atoms with E-state index in [9.17, 15) is 19.1 Å². The Labute approximate surface area is 159 Å². The van der Waals surface area contributed by atoms with Gasteiger partial charge >= 0.3 is 5.97 Å². The third-order valence-corrected chi connectivity index (χ3v) is 6.55. The third kappa shape index (κ3) is 2.54. The number of carboxylic acids is 1. The van der Waals surface area contributed by atoms with Crippen LogP contribution in [0.3, 0.4) is 0 Å². The molecular weight excluding hydrogens is 368 g/mol. The van der Waals surface area contributed by atoms with Crippen LogP contribution < -0.4 is 16.1 Å². The third-order valence-electron chi connectivity index (χ3n) is 6.55. The lowest BCUT2D eigenvalue weighted by Crippen LogP contribution is -2.34. The number of hydrogen-bond donors (Lipinski definition) is 2.